The van der Waals surface area contributed by atoms with E-state index in [9.17, 15) is 18.4 Å². The highest BCUT2D eigenvalue weighted by Crippen LogP contribution is 2.28. The van der Waals surface area contributed by atoms with Crippen molar-refractivity contribution in [3.63, 3.8) is 0 Å². The number of rotatable bonds is 1. The summed E-state index contributed by atoms with van der Waals surface area (Å²) in [6.45, 7) is 0.653. The minimum absolute atomic E-state index is 0.0831. The summed E-state index contributed by atoms with van der Waals surface area (Å²) in [5, 5.41) is 0. The van der Waals surface area contributed by atoms with Crippen LogP contribution in [0.1, 0.15) is 25.7 Å². The Kier molecular flexibility index (Phi) is 3.61. The predicted molar refractivity (Wildman–Crippen MR) is 72.7 cm³/mol. The third kappa shape index (κ3) is 2.39. The van der Waals surface area contributed by atoms with Crippen LogP contribution in [0.15, 0.2) is 18.2 Å². The maximum Gasteiger partial charge on any atom is 0.249 e. The summed E-state index contributed by atoms with van der Waals surface area (Å²) in [5.74, 6) is -2.43. The predicted octanol–water partition coefficient (Wildman–Crippen LogP) is 2.08. The number of hydrogen-bond acceptors (Lipinski definition) is 2. The van der Waals surface area contributed by atoms with Gasteiger partial charge in [0.25, 0.3) is 0 Å². The zero-order chi connectivity index (χ0) is 15.0. The molecule has 1 unspecified atom stereocenters. The van der Waals surface area contributed by atoms with Gasteiger partial charge in [0.15, 0.2) is 11.6 Å². The van der Waals surface area contributed by atoms with E-state index in [1.165, 1.54) is 17.0 Å². The molecule has 1 aromatic carbocycles. The van der Waals surface area contributed by atoms with E-state index in [4.69, 9.17) is 0 Å². The molecule has 0 aromatic heterocycles. The molecular weight excluding hydrogens is 278 g/mol. The summed E-state index contributed by atoms with van der Waals surface area (Å²) in [7, 11) is 0. The lowest BCUT2D eigenvalue weighted by Gasteiger charge is -2.34. The Morgan fingerprint density at radius 3 is 2.71 bits per heavy atom. The maximum atomic E-state index is 13.9. The third-order valence-corrected chi connectivity index (χ3v) is 4.15. The van der Waals surface area contributed by atoms with Crippen LogP contribution in [0, 0.1) is 11.6 Å². The lowest BCUT2D eigenvalue weighted by Crippen LogP contribution is -2.50. The number of carbonyl (C=O) groups excluding carboxylic acids is 2. The average molecular weight is 294 g/mol. The van der Waals surface area contributed by atoms with Crippen LogP contribution in [0.3, 0.4) is 0 Å². The van der Waals surface area contributed by atoms with Gasteiger partial charge < -0.3 is 9.80 Å². The second-order valence-electron chi connectivity index (χ2n) is 5.41. The zero-order valence-electron chi connectivity index (χ0n) is 11.5. The maximum absolute atomic E-state index is 13.9. The van der Waals surface area contributed by atoms with E-state index in [0.717, 1.165) is 18.9 Å². The summed E-state index contributed by atoms with van der Waals surface area (Å²) in [4.78, 5) is 27.5. The molecule has 0 saturated carbocycles. The molecular formula is C15H16F2N2O2. The number of carbonyl (C=O) groups is 2. The van der Waals surface area contributed by atoms with Crippen LogP contribution in [-0.2, 0) is 9.59 Å². The summed E-state index contributed by atoms with van der Waals surface area (Å²) in [6.07, 6.45) is 2.46. The van der Waals surface area contributed by atoms with Crippen molar-refractivity contribution in [3.8, 4) is 0 Å². The molecule has 2 aliphatic heterocycles. The number of amides is 2. The number of halogens is 2. The second-order valence-corrected chi connectivity index (χ2v) is 5.41. The molecule has 1 atom stereocenters. The summed E-state index contributed by atoms with van der Waals surface area (Å²) >= 11 is 0. The molecule has 6 heteroatoms. The van der Waals surface area contributed by atoms with E-state index in [1.807, 2.05) is 0 Å². The summed E-state index contributed by atoms with van der Waals surface area (Å²) < 4.78 is 27.3. The monoisotopic (exact) mass is 294 g/mol. The van der Waals surface area contributed by atoms with Gasteiger partial charge in [-0.1, -0.05) is 6.07 Å². The molecule has 2 saturated heterocycles. The van der Waals surface area contributed by atoms with Crippen molar-refractivity contribution in [3.05, 3.63) is 29.8 Å². The van der Waals surface area contributed by atoms with Gasteiger partial charge in [0, 0.05) is 19.5 Å². The van der Waals surface area contributed by atoms with Crippen LogP contribution in [0.5, 0.6) is 0 Å². The Bertz CT molecular complexity index is 591. The van der Waals surface area contributed by atoms with E-state index in [1.54, 1.807) is 4.90 Å². The SMILES string of the molecule is O=C1C2CCCCN2C(=O)CCN1c1cccc(F)c1F. The smallest absolute Gasteiger partial charge is 0.249 e. The average Bonchev–Trinajstić information content (AvgIpc) is 2.62. The fourth-order valence-corrected chi connectivity index (χ4v) is 3.07. The minimum atomic E-state index is -1.04. The van der Waals surface area contributed by atoms with Gasteiger partial charge in [-0.25, -0.2) is 8.78 Å². The van der Waals surface area contributed by atoms with Gasteiger partial charge in [0.05, 0.1) is 5.69 Å². The Morgan fingerprint density at radius 2 is 1.90 bits per heavy atom. The molecule has 112 valence electrons. The van der Waals surface area contributed by atoms with Gasteiger partial charge in [0.2, 0.25) is 11.8 Å². The first-order valence-electron chi connectivity index (χ1n) is 7.14. The standard InChI is InChI=1S/C15H16F2N2O2/c16-10-4-3-6-11(14(10)17)19-9-7-13(20)18-8-2-1-5-12(18)15(19)21/h3-4,6,12H,1-2,5,7-9H2. The Hall–Kier alpha value is -1.98. The number of nitrogens with zero attached hydrogens (tertiary/aromatic N) is 2. The molecule has 0 bridgehead atoms. The first kappa shape index (κ1) is 14.0. The summed E-state index contributed by atoms with van der Waals surface area (Å²) in [6, 6.07) is 3.21. The third-order valence-electron chi connectivity index (χ3n) is 4.15. The molecule has 2 heterocycles. The van der Waals surface area contributed by atoms with Crippen molar-refractivity contribution in [2.45, 2.75) is 31.7 Å². The van der Waals surface area contributed by atoms with Crippen LogP contribution in [0.4, 0.5) is 14.5 Å². The highest BCUT2D eigenvalue weighted by atomic mass is 19.2. The Morgan fingerprint density at radius 1 is 1.10 bits per heavy atom. The normalized spacial score (nSPS) is 23.0. The van der Waals surface area contributed by atoms with Gasteiger partial charge in [0.1, 0.15) is 6.04 Å². The van der Waals surface area contributed by atoms with Crippen molar-refractivity contribution < 1.29 is 18.4 Å². The lowest BCUT2D eigenvalue weighted by molar-refractivity contribution is -0.139. The van der Waals surface area contributed by atoms with Crippen LogP contribution in [-0.4, -0.2) is 35.8 Å². The number of benzene rings is 1. The molecule has 21 heavy (non-hydrogen) atoms. The Labute approximate surface area is 121 Å². The largest absolute Gasteiger partial charge is 0.331 e. The number of fused-ring (bicyclic) bond motifs is 1. The molecule has 2 aliphatic rings. The van der Waals surface area contributed by atoms with Crippen LogP contribution in [0.2, 0.25) is 0 Å². The fourth-order valence-electron chi connectivity index (χ4n) is 3.07. The number of piperidine rings is 1. The van der Waals surface area contributed by atoms with Gasteiger partial charge in [-0.05, 0) is 31.4 Å². The number of anilines is 1. The van der Waals surface area contributed by atoms with E-state index < -0.39 is 17.7 Å². The Balaban J connectivity index is 1.97. The minimum Gasteiger partial charge on any atom is -0.331 e. The molecule has 0 radical (unpaired) electrons. The number of hydrogen-bond donors (Lipinski definition) is 0. The molecule has 0 aliphatic carbocycles. The van der Waals surface area contributed by atoms with Crippen LogP contribution < -0.4 is 4.90 Å². The van der Waals surface area contributed by atoms with Crippen LogP contribution >= 0.6 is 0 Å². The molecule has 0 spiro atoms. The topological polar surface area (TPSA) is 40.6 Å². The molecule has 4 nitrogen and oxygen atoms in total. The van der Waals surface area contributed by atoms with Crippen molar-refractivity contribution in [2.75, 3.05) is 18.0 Å². The van der Waals surface area contributed by atoms with Crippen LogP contribution in [0.25, 0.3) is 0 Å². The lowest BCUT2D eigenvalue weighted by atomic mass is 10.0. The van der Waals surface area contributed by atoms with E-state index in [2.05, 4.69) is 0 Å². The van der Waals surface area contributed by atoms with Gasteiger partial charge in [-0.2, -0.15) is 0 Å². The van der Waals surface area contributed by atoms with Gasteiger partial charge in [-0.15, -0.1) is 0 Å². The van der Waals surface area contributed by atoms with Gasteiger partial charge in [-0.3, -0.25) is 9.59 Å². The van der Waals surface area contributed by atoms with Gasteiger partial charge >= 0.3 is 0 Å². The highest BCUT2D eigenvalue weighted by molar-refractivity contribution is 6.01. The van der Waals surface area contributed by atoms with Crippen molar-refractivity contribution in [1.82, 2.24) is 4.90 Å². The van der Waals surface area contributed by atoms with E-state index in [-0.39, 0.29) is 30.5 Å². The molecule has 2 amide bonds. The van der Waals surface area contributed by atoms with E-state index >= 15 is 0 Å². The first-order valence-corrected chi connectivity index (χ1v) is 7.14. The first-order chi connectivity index (χ1) is 10.1. The highest BCUT2D eigenvalue weighted by Gasteiger charge is 2.38. The van der Waals surface area contributed by atoms with Crippen molar-refractivity contribution in [2.24, 2.45) is 0 Å². The molecule has 3 rings (SSSR count). The second kappa shape index (κ2) is 5.42. The molecule has 1 aromatic rings. The van der Waals surface area contributed by atoms with Crippen molar-refractivity contribution >= 4 is 17.5 Å². The van der Waals surface area contributed by atoms with E-state index in [0.29, 0.717) is 13.0 Å². The fraction of sp³-hybridized carbons (Fsp3) is 0.467. The molecule has 2 fully saturated rings. The summed E-state index contributed by atoms with van der Waals surface area (Å²) in [5.41, 5.74) is -0.0831. The van der Waals surface area contributed by atoms with Crippen molar-refractivity contribution in [1.29, 1.82) is 0 Å². The molecule has 0 N–H and O–H groups in total. The zero-order valence-corrected chi connectivity index (χ0v) is 11.5. The quantitative estimate of drug-likeness (QED) is 0.795.